The Labute approximate surface area is 131 Å². The fourth-order valence-corrected chi connectivity index (χ4v) is 2.23. The summed E-state index contributed by atoms with van der Waals surface area (Å²) in [5.41, 5.74) is 0.837. The lowest BCUT2D eigenvalue weighted by molar-refractivity contribution is -0.144. The van der Waals surface area contributed by atoms with Gasteiger partial charge in [0.2, 0.25) is 11.8 Å². The van der Waals surface area contributed by atoms with Crippen molar-refractivity contribution < 1.29 is 13.9 Å². The van der Waals surface area contributed by atoms with Gasteiger partial charge in [0, 0.05) is 4.47 Å². The summed E-state index contributed by atoms with van der Waals surface area (Å²) >= 11 is 3.44. The normalized spacial score (nSPS) is 10.9. The average molecular weight is 354 g/mol. The van der Waals surface area contributed by atoms with Crippen LogP contribution in [0.5, 0.6) is 0 Å². The highest BCUT2D eigenvalue weighted by atomic mass is 79.9. The van der Waals surface area contributed by atoms with Crippen LogP contribution in [0.2, 0.25) is 0 Å². The van der Waals surface area contributed by atoms with Crippen LogP contribution in [-0.4, -0.2) is 41.3 Å². The minimum Gasteiger partial charge on any atom is -0.465 e. The molecule has 2 rings (SSSR count). The van der Waals surface area contributed by atoms with Gasteiger partial charge in [-0.2, -0.15) is 0 Å². The summed E-state index contributed by atoms with van der Waals surface area (Å²) in [7, 11) is 1.79. The molecule has 6 nitrogen and oxygen atoms in total. The molecule has 1 aromatic heterocycles. The van der Waals surface area contributed by atoms with Gasteiger partial charge in [-0.3, -0.25) is 9.69 Å². The molecule has 0 saturated carbocycles. The first-order chi connectivity index (χ1) is 10.1. The number of halogens is 1. The molecule has 0 bridgehead atoms. The summed E-state index contributed by atoms with van der Waals surface area (Å²) < 4.78 is 11.4. The fraction of sp³-hybridized carbons (Fsp3) is 0.357. The van der Waals surface area contributed by atoms with E-state index < -0.39 is 0 Å². The van der Waals surface area contributed by atoms with Gasteiger partial charge in [0.05, 0.1) is 25.3 Å². The van der Waals surface area contributed by atoms with E-state index in [-0.39, 0.29) is 12.5 Å². The first-order valence-corrected chi connectivity index (χ1v) is 7.31. The Hall–Kier alpha value is -1.73. The second-order valence-corrected chi connectivity index (χ2v) is 5.31. The predicted octanol–water partition coefficient (Wildman–Crippen LogP) is 2.49. The Morgan fingerprint density at radius 1 is 1.38 bits per heavy atom. The summed E-state index contributed by atoms with van der Waals surface area (Å²) in [5.74, 6) is 0.625. The third-order valence-electron chi connectivity index (χ3n) is 2.68. The molecular weight excluding hydrogens is 338 g/mol. The van der Waals surface area contributed by atoms with E-state index >= 15 is 0 Å². The predicted molar refractivity (Wildman–Crippen MR) is 80.4 cm³/mol. The molecule has 7 heteroatoms. The van der Waals surface area contributed by atoms with Crippen molar-refractivity contribution in [3.8, 4) is 11.5 Å². The topological polar surface area (TPSA) is 68.5 Å². The van der Waals surface area contributed by atoms with Gasteiger partial charge >= 0.3 is 5.97 Å². The van der Waals surface area contributed by atoms with Crippen LogP contribution in [-0.2, 0) is 16.1 Å². The molecule has 1 heterocycles. The summed E-state index contributed by atoms with van der Waals surface area (Å²) in [5, 5.41) is 8.02. The molecule has 0 aliphatic carbocycles. The molecule has 0 unspecified atom stereocenters. The van der Waals surface area contributed by atoms with E-state index in [0.717, 1.165) is 10.0 Å². The van der Waals surface area contributed by atoms with E-state index in [2.05, 4.69) is 26.1 Å². The minimum atomic E-state index is -0.273. The average Bonchev–Trinajstić information content (AvgIpc) is 2.87. The molecule has 2 aromatic rings. The van der Waals surface area contributed by atoms with E-state index in [1.54, 1.807) is 18.9 Å². The molecule has 0 saturated heterocycles. The Bertz CT molecular complexity index is 615. The van der Waals surface area contributed by atoms with Gasteiger partial charge in [-0.15, -0.1) is 10.2 Å². The molecular formula is C14H16BrN3O3. The zero-order chi connectivity index (χ0) is 15.2. The first kappa shape index (κ1) is 15.7. The lowest BCUT2D eigenvalue weighted by Crippen LogP contribution is -2.27. The Balaban J connectivity index is 2.00. The number of rotatable bonds is 6. The molecule has 0 aliphatic heterocycles. The number of esters is 1. The number of likely N-dealkylation sites (N-methyl/N-ethyl adjacent to an activating group) is 1. The van der Waals surface area contributed by atoms with E-state index in [0.29, 0.717) is 24.9 Å². The molecule has 0 N–H and O–H groups in total. The molecule has 0 aliphatic rings. The summed E-state index contributed by atoms with van der Waals surface area (Å²) in [6, 6.07) is 7.62. The lowest BCUT2D eigenvalue weighted by atomic mass is 10.2. The zero-order valence-electron chi connectivity index (χ0n) is 11.9. The zero-order valence-corrected chi connectivity index (χ0v) is 13.5. The van der Waals surface area contributed by atoms with Gasteiger partial charge in [-0.1, -0.05) is 12.1 Å². The van der Waals surface area contributed by atoms with Crippen molar-refractivity contribution in [2.75, 3.05) is 20.2 Å². The highest BCUT2D eigenvalue weighted by Gasteiger charge is 2.14. The van der Waals surface area contributed by atoms with Crippen molar-refractivity contribution in [1.29, 1.82) is 0 Å². The number of carbonyl (C=O) groups is 1. The smallest absolute Gasteiger partial charge is 0.320 e. The number of nitrogens with zero attached hydrogens (tertiary/aromatic N) is 3. The van der Waals surface area contributed by atoms with E-state index in [4.69, 9.17) is 9.15 Å². The fourth-order valence-electron chi connectivity index (χ4n) is 1.77. The van der Waals surface area contributed by atoms with Crippen molar-refractivity contribution in [2.24, 2.45) is 0 Å². The standard InChI is InChI=1S/C14H16BrN3O3/c1-3-20-13(19)9-18(2)8-12-16-17-14(21-12)10-6-4-5-7-11(10)15/h4-7H,3,8-9H2,1-2H3. The summed E-state index contributed by atoms with van der Waals surface area (Å²) in [4.78, 5) is 13.1. The first-order valence-electron chi connectivity index (χ1n) is 6.51. The van der Waals surface area contributed by atoms with Crippen LogP contribution in [0.25, 0.3) is 11.5 Å². The van der Waals surface area contributed by atoms with Gasteiger partial charge in [0.1, 0.15) is 0 Å². The van der Waals surface area contributed by atoms with Gasteiger partial charge in [-0.05, 0) is 42.0 Å². The third-order valence-corrected chi connectivity index (χ3v) is 3.37. The van der Waals surface area contributed by atoms with Crippen LogP contribution in [0.15, 0.2) is 33.2 Å². The summed E-state index contributed by atoms with van der Waals surface area (Å²) in [6.45, 7) is 2.72. The van der Waals surface area contributed by atoms with Crippen molar-refractivity contribution in [3.05, 3.63) is 34.6 Å². The van der Waals surface area contributed by atoms with Crippen LogP contribution in [0, 0.1) is 0 Å². The highest BCUT2D eigenvalue weighted by Crippen LogP contribution is 2.26. The van der Waals surface area contributed by atoms with Crippen molar-refractivity contribution in [1.82, 2.24) is 15.1 Å². The third kappa shape index (κ3) is 4.37. The quantitative estimate of drug-likeness (QED) is 0.743. The Morgan fingerprint density at radius 2 is 2.14 bits per heavy atom. The van der Waals surface area contributed by atoms with Crippen molar-refractivity contribution in [2.45, 2.75) is 13.5 Å². The van der Waals surface area contributed by atoms with Crippen LogP contribution in [0.4, 0.5) is 0 Å². The molecule has 0 radical (unpaired) electrons. The number of aromatic nitrogens is 2. The maximum atomic E-state index is 11.4. The van der Waals surface area contributed by atoms with Gasteiger partial charge in [0.25, 0.3) is 0 Å². The van der Waals surface area contributed by atoms with Crippen LogP contribution in [0.1, 0.15) is 12.8 Å². The van der Waals surface area contributed by atoms with Gasteiger partial charge < -0.3 is 9.15 Å². The molecule has 112 valence electrons. The van der Waals surface area contributed by atoms with Gasteiger partial charge in [0.15, 0.2) is 0 Å². The second kappa shape index (κ2) is 7.33. The largest absolute Gasteiger partial charge is 0.465 e. The van der Waals surface area contributed by atoms with Gasteiger partial charge in [-0.25, -0.2) is 0 Å². The number of carbonyl (C=O) groups excluding carboxylic acids is 1. The molecule has 1 aromatic carbocycles. The molecule has 0 atom stereocenters. The summed E-state index contributed by atoms with van der Waals surface area (Å²) in [6.07, 6.45) is 0. The van der Waals surface area contributed by atoms with Crippen LogP contribution < -0.4 is 0 Å². The minimum absolute atomic E-state index is 0.181. The molecule has 0 fully saturated rings. The molecule has 0 amide bonds. The maximum absolute atomic E-state index is 11.4. The number of benzene rings is 1. The van der Waals surface area contributed by atoms with E-state index in [9.17, 15) is 4.79 Å². The molecule has 21 heavy (non-hydrogen) atoms. The van der Waals surface area contributed by atoms with E-state index in [1.165, 1.54) is 0 Å². The van der Waals surface area contributed by atoms with Crippen LogP contribution >= 0.6 is 15.9 Å². The van der Waals surface area contributed by atoms with E-state index in [1.807, 2.05) is 24.3 Å². The SMILES string of the molecule is CCOC(=O)CN(C)Cc1nnc(-c2ccccc2Br)o1. The highest BCUT2D eigenvalue weighted by molar-refractivity contribution is 9.10. The lowest BCUT2D eigenvalue weighted by Gasteiger charge is -2.12. The van der Waals surface area contributed by atoms with Crippen molar-refractivity contribution in [3.63, 3.8) is 0 Å². The maximum Gasteiger partial charge on any atom is 0.320 e. The number of hydrogen-bond donors (Lipinski definition) is 0. The Morgan fingerprint density at radius 3 is 2.86 bits per heavy atom. The Kier molecular flexibility index (Phi) is 5.46. The number of ether oxygens (including phenoxy) is 1. The monoisotopic (exact) mass is 353 g/mol. The van der Waals surface area contributed by atoms with Crippen LogP contribution in [0.3, 0.4) is 0 Å². The second-order valence-electron chi connectivity index (χ2n) is 4.46. The van der Waals surface area contributed by atoms with Crippen molar-refractivity contribution >= 4 is 21.9 Å². The number of hydrogen-bond acceptors (Lipinski definition) is 6. The molecule has 0 spiro atoms.